The third kappa shape index (κ3) is 4.90. The smallest absolute Gasteiger partial charge is 0.225 e. The van der Waals surface area contributed by atoms with Gasteiger partial charge in [-0.05, 0) is 24.6 Å². The molecule has 3 aromatic heterocycles. The summed E-state index contributed by atoms with van der Waals surface area (Å²) in [7, 11) is 1.84. The summed E-state index contributed by atoms with van der Waals surface area (Å²) >= 11 is 6.73. The van der Waals surface area contributed by atoms with Gasteiger partial charge < -0.3 is 19.9 Å². The monoisotopic (exact) mass is 535 g/mol. The minimum absolute atomic E-state index is 0.364. The number of nitrogens with one attached hydrogen (secondary N) is 2. The first kappa shape index (κ1) is 25.6. The topological polar surface area (TPSA) is 122 Å². The molecule has 0 bridgehead atoms. The number of piperazine rings is 1. The van der Waals surface area contributed by atoms with E-state index >= 15 is 0 Å². The van der Waals surface area contributed by atoms with Crippen molar-refractivity contribution in [3.05, 3.63) is 82.9 Å². The Hall–Kier alpha value is -4.09. The number of H-pyrrole nitrogens is 1. The van der Waals surface area contributed by atoms with Crippen molar-refractivity contribution in [3.63, 3.8) is 0 Å². The highest BCUT2D eigenvalue weighted by molar-refractivity contribution is 6.36. The number of hydrogen-bond acceptors (Lipinski definition) is 6. The van der Waals surface area contributed by atoms with Crippen LogP contribution in [-0.2, 0) is 12.6 Å². The number of nitrogens with zero attached hydrogens (tertiary/aromatic N) is 7. The maximum Gasteiger partial charge on any atom is 0.225 e. The Morgan fingerprint density at radius 2 is 1.82 bits per heavy atom. The number of aromatic nitrogens is 5. The molecule has 0 unspecified atom stereocenters. The second kappa shape index (κ2) is 10.3. The molecule has 1 aliphatic rings. The second-order valence-corrected chi connectivity index (χ2v) is 9.58. The first-order valence-electron chi connectivity index (χ1n) is 12.0. The molecular formula is C26H27ClFN9O. The van der Waals surface area contributed by atoms with Gasteiger partial charge in [0.2, 0.25) is 5.95 Å². The highest BCUT2D eigenvalue weighted by Gasteiger charge is 2.29. The van der Waals surface area contributed by atoms with Gasteiger partial charge in [-0.25, -0.2) is 19.4 Å². The van der Waals surface area contributed by atoms with E-state index < -0.39 is 5.60 Å². The number of halogens is 2. The first-order chi connectivity index (χ1) is 18.3. The van der Waals surface area contributed by atoms with Crippen molar-refractivity contribution in [2.75, 3.05) is 31.1 Å². The van der Waals surface area contributed by atoms with E-state index in [-0.39, 0.29) is 5.82 Å². The van der Waals surface area contributed by atoms with Gasteiger partial charge in [-0.15, -0.1) is 0 Å². The molecule has 4 heterocycles. The van der Waals surface area contributed by atoms with E-state index in [1.807, 2.05) is 24.3 Å². The summed E-state index contributed by atoms with van der Waals surface area (Å²) < 4.78 is 15.0. The van der Waals surface area contributed by atoms with Crippen molar-refractivity contribution in [3.8, 4) is 11.1 Å². The summed E-state index contributed by atoms with van der Waals surface area (Å²) in [4.78, 5) is 20.6. The molecule has 0 aliphatic carbocycles. The van der Waals surface area contributed by atoms with Crippen LogP contribution in [-0.4, -0.2) is 73.1 Å². The largest absolute Gasteiger partial charge is 0.381 e. The lowest BCUT2D eigenvalue weighted by Crippen LogP contribution is -2.49. The number of hydrogen-bond donors (Lipinski definition) is 3. The van der Waals surface area contributed by atoms with Crippen molar-refractivity contribution < 1.29 is 9.50 Å². The van der Waals surface area contributed by atoms with Gasteiger partial charge in [0.15, 0.2) is 5.84 Å². The molecule has 38 heavy (non-hydrogen) atoms. The fraction of sp³-hybridized carbons (Fsp3) is 0.269. The van der Waals surface area contributed by atoms with Crippen molar-refractivity contribution in [1.29, 1.82) is 5.41 Å². The summed E-state index contributed by atoms with van der Waals surface area (Å²) in [6, 6.07) is 5.72. The van der Waals surface area contributed by atoms with E-state index in [1.165, 1.54) is 12.1 Å². The molecule has 0 radical (unpaired) electrons. The van der Waals surface area contributed by atoms with Crippen LogP contribution in [0.1, 0.15) is 23.7 Å². The predicted octanol–water partition coefficient (Wildman–Crippen LogP) is 3.43. The van der Waals surface area contributed by atoms with E-state index in [0.717, 1.165) is 17.5 Å². The molecule has 1 saturated heterocycles. The number of amidine groups is 1. The van der Waals surface area contributed by atoms with Gasteiger partial charge in [-0.1, -0.05) is 23.7 Å². The molecule has 196 valence electrons. The maximum absolute atomic E-state index is 13.3. The fourth-order valence-corrected chi connectivity index (χ4v) is 4.80. The van der Waals surface area contributed by atoms with Gasteiger partial charge in [-0.2, -0.15) is 5.10 Å². The third-order valence-corrected chi connectivity index (χ3v) is 7.10. The molecule has 5 rings (SSSR count). The minimum atomic E-state index is -1.35. The molecule has 0 spiro atoms. The zero-order chi connectivity index (χ0) is 26.9. The highest BCUT2D eigenvalue weighted by atomic mass is 35.5. The highest BCUT2D eigenvalue weighted by Crippen LogP contribution is 2.32. The van der Waals surface area contributed by atoms with Crippen molar-refractivity contribution in [1.82, 2.24) is 29.6 Å². The number of aryl methyl sites for hydroxylation is 1. The number of aromatic amines is 1. The maximum atomic E-state index is 13.3. The molecule has 10 nitrogen and oxygen atoms in total. The molecule has 1 atom stereocenters. The summed E-state index contributed by atoms with van der Waals surface area (Å²) in [6.07, 6.45) is 9.65. The van der Waals surface area contributed by atoms with Gasteiger partial charge in [-0.3, -0.25) is 10.1 Å². The Bertz CT molecular complexity index is 1450. The standard InChI is InChI=1S/C26H27ClFN9O/c1-26(38,18-3-5-20(28)6-4-18)19-12-31-25(32-13-19)37-9-7-36(8-10-37)24(33-16-29)23-22(27)21(14-30-23)17-11-34-35(2)15-17/h3-6,11-16,29-30,38H,7-10H2,1-2H3/t26-/m1/s1. The lowest BCUT2D eigenvalue weighted by molar-refractivity contribution is 0.101. The van der Waals surface area contributed by atoms with E-state index in [4.69, 9.17) is 17.0 Å². The quantitative estimate of drug-likeness (QED) is 0.257. The van der Waals surface area contributed by atoms with E-state index in [1.54, 1.807) is 42.3 Å². The van der Waals surface area contributed by atoms with Crippen molar-refractivity contribution >= 4 is 29.7 Å². The molecule has 1 fully saturated rings. The average Bonchev–Trinajstić information content (AvgIpc) is 3.52. The molecule has 12 heteroatoms. The number of aliphatic imine (C=N–C) groups is 1. The van der Waals surface area contributed by atoms with E-state index in [9.17, 15) is 9.50 Å². The van der Waals surface area contributed by atoms with Crippen LogP contribution in [0.25, 0.3) is 11.1 Å². The Morgan fingerprint density at radius 3 is 2.42 bits per heavy atom. The fourth-order valence-electron chi connectivity index (χ4n) is 4.50. The normalized spacial score (nSPS) is 16.0. The number of rotatable bonds is 6. The minimum Gasteiger partial charge on any atom is -0.381 e. The van der Waals surface area contributed by atoms with Crippen molar-refractivity contribution in [2.24, 2.45) is 12.0 Å². The number of aliphatic hydroxyl groups is 1. The summed E-state index contributed by atoms with van der Waals surface area (Å²) in [5.41, 5.74) is 2.06. The van der Waals surface area contributed by atoms with Crippen LogP contribution < -0.4 is 4.90 Å². The Labute approximate surface area is 224 Å². The zero-order valence-electron chi connectivity index (χ0n) is 20.9. The van der Waals surface area contributed by atoms with Crippen LogP contribution >= 0.6 is 11.6 Å². The molecule has 1 aliphatic heterocycles. The van der Waals surface area contributed by atoms with Gasteiger partial charge >= 0.3 is 0 Å². The second-order valence-electron chi connectivity index (χ2n) is 9.20. The van der Waals surface area contributed by atoms with Gasteiger partial charge in [0, 0.05) is 74.7 Å². The zero-order valence-corrected chi connectivity index (χ0v) is 21.7. The van der Waals surface area contributed by atoms with E-state index in [2.05, 4.69) is 29.9 Å². The van der Waals surface area contributed by atoms with Crippen LogP contribution in [0, 0.1) is 11.2 Å². The van der Waals surface area contributed by atoms with Crippen LogP contribution in [0.15, 0.2) is 60.2 Å². The van der Waals surface area contributed by atoms with Gasteiger partial charge in [0.25, 0.3) is 0 Å². The molecule has 1 aromatic carbocycles. The molecular weight excluding hydrogens is 509 g/mol. The van der Waals surface area contributed by atoms with Gasteiger partial charge in [0.1, 0.15) is 23.5 Å². The lowest BCUT2D eigenvalue weighted by atomic mass is 9.90. The van der Waals surface area contributed by atoms with E-state index in [0.29, 0.717) is 59.8 Å². The Morgan fingerprint density at radius 1 is 1.13 bits per heavy atom. The van der Waals surface area contributed by atoms with Crippen molar-refractivity contribution in [2.45, 2.75) is 12.5 Å². The molecule has 0 amide bonds. The molecule has 3 N–H and O–H groups in total. The Balaban J connectivity index is 1.28. The summed E-state index contributed by atoms with van der Waals surface area (Å²) in [6.45, 7) is 4.11. The summed E-state index contributed by atoms with van der Waals surface area (Å²) in [5.74, 6) is 0.772. The predicted molar refractivity (Wildman–Crippen MR) is 144 cm³/mol. The Kier molecular flexibility index (Phi) is 6.96. The van der Waals surface area contributed by atoms with Crippen LogP contribution in [0.4, 0.5) is 10.3 Å². The third-order valence-electron chi connectivity index (χ3n) is 6.71. The first-order valence-corrected chi connectivity index (χ1v) is 12.4. The SMILES string of the molecule is Cn1cc(-c2c[nH]c(C(=NC=N)N3CCN(c4ncc([C@](C)(O)c5ccc(F)cc5)cn4)CC3)c2Cl)cn1. The van der Waals surface area contributed by atoms with Crippen LogP contribution in [0.3, 0.4) is 0 Å². The van der Waals surface area contributed by atoms with Gasteiger partial charge in [0.05, 0.1) is 11.2 Å². The average molecular weight is 536 g/mol. The van der Waals surface area contributed by atoms with Crippen LogP contribution in [0.5, 0.6) is 0 Å². The summed E-state index contributed by atoms with van der Waals surface area (Å²) in [5, 5.41) is 23.3. The molecule has 4 aromatic rings. The lowest BCUT2D eigenvalue weighted by Gasteiger charge is -2.36. The molecule has 0 saturated carbocycles. The number of benzene rings is 1. The number of anilines is 1. The van der Waals surface area contributed by atoms with Crippen LogP contribution in [0.2, 0.25) is 5.02 Å².